The number of esters is 1. The van der Waals surface area contributed by atoms with E-state index in [2.05, 4.69) is 21.6 Å². The van der Waals surface area contributed by atoms with Crippen LogP contribution in [-0.2, 0) is 9.53 Å². The number of pyridine rings is 1. The molecule has 17 heavy (non-hydrogen) atoms. The molecule has 6 nitrogen and oxygen atoms in total. The highest BCUT2D eigenvalue weighted by Crippen LogP contribution is 2.21. The highest BCUT2D eigenvalue weighted by Gasteiger charge is 2.13. The van der Waals surface area contributed by atoms with Crippen LogP contribution in [0.15, 0.2) is 12.3 Å². The molecule has 0 fully saturated rings. The number of carbonyl (C=O) groups is 1. The van der Waals surface area contributed by atoms with Gasteiger partial charge in [-0.2, -0.15) is 0 Å². The first-order valence-corrected chi connectivity index (χ1v) is 4.91. The SMILES string of the molecule is CCOC(=O)C#Cc1cnc(Cl)c([N+](=O)[O-])c1. The Morgan fingerprint density at radius 3 is 3.00 bits per heavy atom. The normalized spacial score (nSPS) is 9.06. The van der Waals surface area contributed by atoms with Crippen LogP contribution >= 0.6 is 11.6 Å². The Labute approximate surface area is 102 Å². The third-order valence-electron chi connectivity index (χ3n) is 1.60. The van der Waals surface area contributed by atoms with Gasteiger partial charge < -0.3 is 4.74 Å². The summed E-state index contributed by atoms with van der Waals surface area (Å²) >= 11 is 5.51. The number of aromatic nitrogens is 1. The summed E-state index contributed by atoms with van der Waals surface area (Å²) in [5, 5.41) is 10.3. The van der Waals surface area contributed by atoms with Crippen LogP contribution in [-0.4, -0.2) is 22.5 Å². The van der Waals surface area contributed by atoms with E-state index in [1.54, 1.807) is 6.92 Å². The Kier molecular flexibility index (Phi) is 4.43. The number of carbonyl (C=O) groups excluding carboxylic acids is 1. The molecule has 1 rings (SSSR count). The quantitative estimate of drug-likeness (QED) is 0.263. The van der Waals surface area contributed by atoms with Gasteiger partial charge in [0, 0.05) is 18.2 Å². The number of halogens is 1. The third-order valence-corrected chi connectivity index (χ3v) is 1.89. The van der Waals surface area contributed by atoms with Gasteiger partial charge in [0.05, 0.1) is 17.1 Å². The molecule has 0 saturated carbocycles. The largest absolute Gasteiger partial charge is 0.456 e. The lowest BCUT2D eigenvalue weighted by molar-refractivity contribution is -0.385. The van der Waals surface area contributed by atoms with Crippen molar-refractivity contribution < 1.29 is 14.5 Å². The van der Waals surface area contributed by atoms with Gasteiger partial charge in [-0.3, -0.25) is 10.1 Å². The van der Waals surface area contributed by atoms with Gasteiger partial charge in [0.2, 0.25) is 5.15 Å². The van der Waals surface area contributed by atoms with Crippen LogP contribution in [0.4, 0.5) is 5.69 Å². The summed E-state index contributed by atoms with van der Waals surface area (Å²) in [7, 11) is 0. The van der Waals surface area contributed by atoms with Crippen LogP contribution in [0.3, 0.4) is 0 Å². The van der Waals surface area contributed by atoms with Crippen LogP contribution in [0.2, 0.25) is 5.15 Å². The van der Waals surface area contributed by atoms with Crippen LogP contribution in [0.25, 0.3) is 0 Å². The summed E-state index contributed by atoms with van der Waals surface area (Å²) in [6.07, 6.45) is 1.24. The molecule has 1 aromatic rings. The fourth-order valence-corrected chi connectivity index (χ4v) is 1.10. The van der Waals surface area contributed by atoms with Gasteiger partial charge in [0.25, 0.3) is 0 Å². The first-order valence-electron chi connectivity index (χ1n) is 4.53. The molecule has 7 heteroatoms. The summed E-state index contributed by atoms with van der Waals surface area (Å²) in [4.78, 5) is 24.4. The molecule has 0 N–H and O–H groups in total. The lowest BCUT2D eigenvalue weighted by Crippen LogP contribution is -1.99. The van der Waals surface area contributed by atoms with E-state index >= 15 is 0 Å². The molecular weight excluding hydrogens is 248 g/mol. The molecule has 1 heterocycles. The summed E-state index contributed by atoms with van der Waals surface area (Å²) < 4.78 is 4.57. The van der Waals surface area contributed by atoms with Crippen molar-refractivity contribution >= 4 is 23.3 Å². The highest BCUT2D eigenvalue weighted by atomic mass is 35.5. The topological polar surface area (TPSA) is 82.3 Å². The maximum absolute atomic E-state index is 10.9. The highest BCUT2D eigenvalue weighted by molar-refractivity contribution is 6.31. The number of nitro groups is 1. The Morgan fingerprint density at radius 2 is 2.41 bits per heavy atom. The lowest BCUT2D eigenvalue weighted by atomic mass is 10.2. The predicted molar refractivity (Wildman–Crippen MR) is 59.4 cm³/mol. The summed E-state index contributed by atoms with van der Waals surface area (Å²) in [6.45, 7) is 1.86. The first kappa shape index (κ1) is 12.9. The average molecular weight is 255 g/mol. The second-order valence-electron chi connectivity index (χ2n) is 2.76. The van der Waals surface area contributed by atoms with Crippen LogP contribution in [0.1, 0.15) is 12.5 Å². The van der Waals surface area contributed by atoms with Crippen molar-refractivity contribution in [3.63, 3.8) is 0 Å². The van der Waals surface area contributed by atoms with Crippen molar-refractivity contribution in [2.24, 2.45) is 0 Å². The van der Waals surface area contributed by atoms with E-state index in [0.29, 0.717) is 0 Å². The monoisotopic (exact) mass is 254 g/mol. The zero-order chi connectivity index (χ0) is 12.8. The van der Waals surface area contributed by atoms with Crippen LogP contribution < -0.4 is 0 Å². The Balaban J connectivity index is 2.97. The van der Waals surface area contributed by atoms with E-state index < -0.39 is 10.9 Å². The van der Waals surface area contributed by atoms with Crippen molar-refractivity contribution in [3.05, 3.63) is 33.1 Å². The lowest BCUT2D eigenvalue weighted by Gasteiger charge is -1.94. The number of ether oxygens (including phenoxy) is 1. The Morgan fingerprint density at radius 1 is 1.71 bits per heavy atom. The van der Waals surface area contributed by atoms with Crippen LogP contribution in [0.5, 0.6) is 0 Å². The molecule has 0 spiro atoms. The van der Waals surface area contributed by atoms with E-state index in [1.807, 2.05) is 0 Å². The van der Waals surface area contributed by atoms with Crippen LogP contribution in [0, 0.1) is 22.0 Å². The molecule has 0 radical (unpaired) electrons. The smallest absolute Gasteiger partial charge is 0.384 e. The number of hydrogen-bond donors (Lipinski definition) is 0. The molecule has 0 aliphatic heterocycles. The molecule has 0 aliphatic carbocycles. The number of rotatable bonds is 2. The van der Waals surface area contributed by atoms with Crippen molar-refractivity contribution in [2.45, 2.75) is 6.92 Å². The third kappa shape index (κ3) is 3.74. The molecule has 0 bridgehead atoms. The van der Waals surface area contributed by atoms with Gasteiger partial charge in [-0.15, -0.1) is 0 Å². The minimum absolute atomic E-state index is 0.215. The summed E-state index contributed by atoms with van der Waals surface area (Å²) in [5.74, 6) is 3.87. The van der Waals surface area contributed by atoms with E-state index in [9.17, 15) is 14.9 Å². The molecular formula is C10H7ClN2O4. The molecule has 0 aromatic carbocycles. The number of nitrogens with zero attached hydrogens (tertiary/aromatic N) is 2. The van der Waals surface area contributed by atoms with E-state index in [4.69, 9.17) is 11.6 Å². The zero-order valence-electron chi connectivity index (χ0n) is 8.77. The average Bonchev–Trinajstić information content (AvgIpc) is 2.28. The summed E-state index contributed by atoms with van der Waals surface area (Å²) in [5.41, 5.74) is -0.142. The van der Waals surface area contributed by atoms with E-state index in [1.165, 1.54) is 6.20 Å². The molecule has 88 valence electrons. The van der Waals surface area contributed by atoms with Crippen molar-refractivity contribution in [3.8, 4) is 11.8 Å². The van der Waals surface area contributed by atoms with Crippen molar-refractivity contribution in [2.75, 3.05) is 6.61 Å². The fourth-order valence-electron chi connectivity index (χ4n) is 0.923. The molecule has 0 amide bonds. The second kappa shape index (κ2) is 5.82. The van der Waals surface area contributed by atoms with Gasteiger partial charge in [-0.25, -0.2) is 9.78 Å². The predicted octanol–water partition coefficient (Wildman–Crippen LogP) is 1.56. The zero-order valence-corrected chi connectivity index (χ0v) is 9.52. The van der Waals surface area contributed by atoms with Crippen molar-refractivity contribution in [1.29, 1.82) is 0 Å². The Hall–Kier alpha value is -2.13. The molecule has 1 aromatic heterocycles. The van der Waals surface area contributed by atoms with Crippen molar-refractivity contribution in [1.82, 2.24) is 4.98 Å². The van der Waals surface area contributed by atoms with Gasteiger partial charge >= 0.3 is 11.7 Å². The summed E-state index contributed by atoms with van der Waals surface area (Å²) in [6, 6.07) is 1.14. The maximum atomic E-state index is 10.9. The molecule has 0 atom stereocenters. The van der Waals surface area contributed by atoms with Gasteiger partial charge in [0.15, 0.2) is 0 Å². The first-order chi connectivity index (χ1) is 8.04. The number of hydrogen-bond acceptors (Lipinski definition) is 5. The second-order valence-corrected chi connectivity index (χ2v) is 3.12. The van der Waals surface area contributed by atoms with E-state index in [0.717, 1.165) is 6.07 Å². The maximum Gasteiger partial charge on any atom is 0.384 e. The minimum Gasteiger partial charge on any atom is -0.456 e. The minimum atomic E-state index is -0.704. The molecule has 0 saturated heterocycles. The Bertz CT molecular complexity index is 519. The fraction of sp³-hybridized carbons (Fsp3) is 0.200. The van der Waals surface area contributed by atoms with Gasteiger partial charge in [-0.05, 0) is 6.92 Å². The van der Waals surface area contributed by atoms with Gasteiger partial charge in [-0.1, -0.05) is 17.5 Å². The standard InChI is InChI=1S/C10H7ClN2O4/c1-2-17-9(14)4-3-7-5-8(13(15)16)10(11)12-6-7/h5-6H,2H2,1H3. The molecule has 0 unspecified atom stereocenters. The molecule has 0 aliphatic rings. The van der Waals surface area contributed by atoms with E-state index in [-0.39, 0.29) is 23.0 Å². The van der Waals surface area contributed by atoms with Gasteiger partial charge in [0.1, 0.15) is 0 Å².